The molecule has 0 N–H and O–H groups in total. The van der Waals surface area contributed by atoms with Gasteiger partial charge in [0.15, 0.2) is 5.16 Å². The van der Waals surface area contributed by atoms with Gasteiger partial charge in [-0.1, -0.05) is 102 Å². The summed E-state index contributed by atoms with van der Waals surface area (Å²) < 4.78 is 1.78. The van der Waals surface area contributed by atoms with Crippen molar-refractivity contribution in [1.29, 1.82) is 0 Å². The molecule has 0 aliphatic heterocycles. The minimum absolute atomic E-state index is 0.0216. The lowest BCUT2D eigenvalue weighted by Gasteiger charge is -2.14. The lowest BCUT2D eigenvalue weighted by atomic mass is 10.1. The average Bonchev–Trinajstić information content (AvgIpc) is 2.78. The van der Waals surface area contributed by atoms with Crippen molar-refractivity contribution in [2.75, 3.05) is 5.75 Å². The SMILES string of the molecule is Cc1ccc(Cn2c(SCCc3ccccc3)nc(-c3ccccc3)cc2=O)cc1. The van der Waals surface area contributed by atoms with Crippen molar-refractivity contribution in [3.8, 4) is 11.3 Å². The lowest BCUT2D eigenvalue weighted by Crippen LogP contribution is -2.23. The quantitative estimate of drug-likeness (QED) is 0.293. The molecule has 30 heavy (non-hydrogen) atoms. The second-order valence-corrected chi connectivity index (χ2v) is 8.35. The molecule has 4 heteroatoms. The number of rotatable bonds is 7. The molecule has 0 aliphatic carbocycles. The van der Waals surface area contributed by atoms with Gasteiger partial charge in [0.1, 0.15) is 0 Å². The molecular formula is C26H24N2OS. The summed E-state index contributed by atoms with van der Waals surface area (Å²) in [6.07, 6.45) is 0.932. The average molecular weight is 413 g/mol. The van der Waals surface area contributed by atoms with E-state index < -0.39 is 0 Å². The molecule has 0 aliphatic rings. The van der Waals surface area contributed by atoms with Crippen molar-refractivity contribution < 1.29 is 0 Å². The molecule has 0 unspecified atom stereocenters. The predicted molar refractivity (Wildman–Crippen MR) is 125 cm³/mol. The van der Waals surface area contributed by atoms with Crippen LogP contribution in [-0.2, 0) is 13.0 Å². The van der Waals surface area contributed by atoms with Crippen molar-refractivity contribution in [3.63, 3.8) is 0 Å². The lowest BCUT2D eigenvalue weighted by molar-refractivity contribution is 0.647. The Bertz CT molecular complexity index is 1150. The van der Waals surface area contributed by atoms with Gasteiger partial charge in [-0.2, -0.15) is 0 Å². The van der Waals surface area contributed by atoms with E-state index in [2.05, 4.69) is 55.5 Å². The van der Waals surface area contributed by atoms with E-state index in [1.54, 1.807) is 22.4 Å². The van der Waals surface area contributed by atoms with Crippen LogP contribution in [0.3, 0.4) is 0 Å². The molecule has 0 atom stereocenters. The summed E-state index contributed by atoms with van der Waals surface area (Å²) in [5.41, 5.74) is 5.26. The van der Waals surface area contributed by atoms with E-state index >= 15 is 0 Å². The minimum atomic E-state index is -0.0216. The fraction of sp³-hybridized carbons (Fsp3) is 0.154. The molecule has 0 saturated heterocycles. The van der Waals surface area contributed by atoms with E-state index in [0.717, 1.165) is 34.2 Å². The molecule has 0 fully saturated rings. The molecule has 4 aromatic rings. The van der Waals surface area contributed by atoms with Crippen LogP contribution in [0.5, 0.6) is 0 Å². The van der Waals surface area contributed by atoms with Gasteiger partial charge in [-0.15, -0.1) is 0 Å². The monoisotopic (exact) mass is 412 g/mol. The van der Waals surface area contributed by atoms with Gasteiger partial charge < -0.3 is 0 Å². The summed E-state index contributed by atoms with van der Waals surface area (Å²) in [7, 11) is 0. The van der Waals surface area contributed by atoms with Gasteiger partial charge in [-0.3, -0.25) is 9.36 Å². The maximum Gasteiger partial charge on any atom is 0.255 e. The van der Waals surface area contributed by atoms with Crippen LogP contribution < -0.4 is 5.56 Å². The third-order valence-electron chi connectivity index (χ3n) is 4.97. The zero-order chi connectivity index (χ0) is 20.8. The largest absolute Gasteiger partial charge is 0.283 e. The summed E-state index contributed by atoms with van der Waals surface area (Å²) in [6, 6.07) is 30.2. The van der Waals surface area contributed by atoms with Crippen LogP contribution in [-0.4, -0.2) is 15.3 Å². The third-order valence-corrected chi connectivity index (χ3v) is 5.95. The summed E-state index contributed by atoms with van der Waals surface area (Å²) in [6.45, 7) is 2.59. The maximum absolute atomic E-state index is 13.0. The van der Waals surface area contributed by atoms with Crippen molar-refractivity contribution in [3.05, 3.63) is 118 Å². The number of hydrogen-bond acceptors (Lipinski definition) is 3. The highest BCUT2D eigenvalue weighted by Gasteiger charge is 2.12. The third kappa shape index (κ3) is 5.08. The van der Waals surface area contributed by atoms with E-state index in [4.69, 9.17) is 4.98 Å². The zero-order valence-corrected chi connectivity index (χ0v) is 17.8. The van der Waals surface area contributed by atoms with Crippen LogP contribution in [0.4, 0.5) is 0 Å². The Morgan fingerprint density at radius 3 is 2.20 bits per heavy atom. The Hall–Kier alpha value is -3.11. The molecule has 1 aromatic heterocycles. The molecule has 0 bridgehead atoms. The first-order chi connectivity index (χ1) is 14.7. The summed E-state index contributed by atoms with van der Waals surface area (Å²) in [5, 5.41) is 0.762. The molecule has 4 rings (SSSR count). The van der Waals surface area contributed by atoms with E-state index in [0.29, 0.717) is 6.54 Å². The van der Waals surface area contributed by atoms with Gasteiger partial charge in [-0.25, -0.2) is 4.98 Å². The van der Waals surface area contributed by atoms with Gasteiger partial charge in [0.05, 0.1) is 12.2 Å². The first-order valence-electron chi connectivity index (χ1n) is 10.1. The van der Waals surface area contributed by atoms with Gasteiger partial charge in [0.25, 0.3) is 5.56 Å². The van der Waals surface area contributed by atoms with Gasteiger partial charge >= 0.3 is 0 Å². The van der Waals surface area contributed by atoms with Crippen LogP contribution in [0.1, 0.15) is 16.7 Å². The molecule has 0 spiro atoms. The Balaban J connectivity index is 1.64. The molecule has 0 radical (unpaired) electrons. The highest BCUT2D eigenvalue weighted by atomic mass is 32.2. The van der Waals surface area contributed by atoms with Crippen LogP contribution in [0.15, 0.2) is 101 Å². The second kappa shape index (κ2) is 9.59. The molecule has 0 amide bonds. The normalized spacial score (nSPS) is 10.8. The van der Waals surface area contributed by atoms with E-state index in [9.17, 15) is 4.79 Å². The summed E-state index contributed by atoms with van der Waals surface area (Å²) >= 11 is 1.64. The Morgan fingerprint density at radius 2 is 1.50 bits per heavy atom. The van der Waals surface area contributed by atoms with Crippen molar-refractivity contribution in [2.45, 2.75) is 25.0 Å². The zero-order valence-electron chi connectivity index (χ0n) is 17.0. The van der Waals surface area contributed by atoms with Crippen LogP contribution in [0.2, 0.25) is 0 Å². The molecular weight excluding hydrogens is 388 g/mol. The topological polar surface area (TPSA) is 34.9 Å². The molecule has 3 nitrogen and oxygen atoms in total. The number of aryl methyl sites for hydroxylation is 2. The highest BCUT2D eigenvalue weighted by molar-refractivity contribution is 7.99. The van der Waals surface area contributed by atoms with Gasteiger partial charge in [0.2, 0.25) is 0 Å². The smallest absolute Gasteiger partial charge is 0.255 e. The molecule has 0 saturated carbocycles. The van der Waals surface area contributed by atoms with Gasteiger partial charge in [0, 0.05) is 17.4 Å². The van der Waals surface area contributed by atoms with E-state index in [-0.39, 0.29) is 5.56 Å². The van der Waals surface area contributed by atoms with Crippen LogP contribution in [0.25, 0.3) is 11.3 Å². The second-order valence-electron chi connectivity index (χ2n) is 7.28. The first-order valence-corrected chi connectivity index (χ1v) is 11.1. The number of hydrogen-bond donors (Lipinski definition) is 0. The molecule has 150 valence electrons. The number of thioether (sulfide) groups is 1. The Morgan fingerprint density at radius 1 is 0.833 bits per heavy atom. The maximum atomic E-state index is 13.0. The first kappa shape index (κ1) is 20.2. The van der Waals surface area contributed by atoms with Crippen molar-refractivity contribution in [2.24, 2.45) is 0 Å². The standard InChI is InChI=1S/C26H24N2OS/c1-20-12-14-22(15-13-20)19-28-25(29)18-24(23-10-6-3-7-11-23)27-26(28)30-17-16-21-8-4-2-5-9-21/h2-15,18H,16-17,19H2,1H3. The fourth-order valence-corrected chi connectivity index (χ4v) is 4.27. The molecule has 3 aromatic carbocycles. The number of nitrogens with zero attached hydrogens (tertiary/aromatic N) is 2. The number of benzene rings is 3. The van der Waals surface area contributed by atoms with Crippen LogP contribution in [0, 0.1) is 6.92 Å². The van der Waals surface area contributed by atoms with Crippen LogP contribution >= 0.6 is 11.8 Å². The predicted octanol–water partition coefficient (Wildman–Crippen LogP) is 5.60. The van der Waals surface area contributed by atoms with E-state index in [1.165, 1.54) is 11.1 Å². The highest BCUT2D eigenvalue weighted by Crippen LogP contribution is 2.22. The summed E-state index contributed by atoms with van der Waals surface area (Å²) in [4.78, 5) is 17.9. The summed E-state index contributed by atoms with van der Waals surface area (Å²) in [5.74, 6) is 0.864. The Kier molecular flexibility index (Phi) is 6.45. The fourth-order valence-electron chi connectivity index (χ4n) is 3.28. The minimum Gasteiger partial charge on any atom is -0.283 e. The van der Waals surface area contributed by atoms with Crippen molar-refractivity contribution in [1.82, 2.24) is 9.55 Å². The number of aromatic nitrogens is 2. The van der Waals surface area contributed by atoms with E-state index in [1.807, 2.05) is 36.4 Å². The molecule has 1 heterocycles. The Labute approximate surface area is 181 Å². The van der Waals surface area contributed by atoms with Crippen molar-refractivity contribution >= 4 is 11.8 Å². The van der Waals surface area contributed by atoms with Gasteiger partial charge in [-0.05, 0) is 24.5 Å².